The summed E-state index contributed by atoms with van der Waals surface area (Å²) < 4.78 is 19.4. The van der Waals surface area contributed by atoms with Gasteiger partial charge >= 0.3 is 0 Å². The molecule has 3 atom stereocenters. The molecule has 0 radical (unpaired) electrons. The Labute approximate surface area is 149 Å². The van der Waals surface area contributed by atoms with Gasteiger partial charge < -0.3 is 15.4 Å². The third kappa shape index (κ3) is 3.03. The predicted molar refractivity (Wildman–Crippen MR) is 96.9 cm³/mol. The number of rotatable bonds is 4. The Kier molecular flexibility index (Phi) is 4.67. The molecule has 3 fully saturated rings. The molecule has 136 valence electrons. The Hall–Kier alpha value is -1.62. The standard InChI is InChI=1S/C20H28FN3O/c1-2-22-19(23-13-14-6-5-7-15(21)12-14)24-17-16-8-11-25-18(16)20(17)9-3-4-10-20/h5-7,12,16-18H,2-4,8-11,13H2,1H3,(H2,22,23,24). The molecule has 5 heteroatoms. The van der Waals surface area contributed by atoms with Crippen LogP contribution in [0.25, 0.3) is 0 Å². The summed E-state index contributed by atoms with van der Waals surface area (Å²) in [5.41, 5.74) is 1.19. The largest absolute Gasteiger partial charge is 0.377 e. The molecule has 4 rings (SSSR count). The first-order valence-corrected chi connectivity index (χ1v) is 9.64. The lowest BCUT2D eigenvalue weighted by atomic mass is 9.54. The third-order valence-corrected chi connectivity index (χ3v) is 6.23. The van der Waals surface area contributed by atoms with Crippen molar-refractivity contribution in [1.29, 1.82) is 0 Å². The first kappa shape index (κ1) is 16.8. The fraction of sp³-hybridized carbons (Fsp3) is 0.650. The fourth-order valence-corrected chi connectivity index (χ4v) is 5.18. The van der Waals surface area contributed by atoms with Gasteiger partial charge in [0, 0.05) is 30.5 Å². The Bertz CT molecular complexity index is 642. The van der Waals surface area contributed by atoms with E-state index in [4.69, 9.17) is 9.73 Å². The Morgan fingerprint density at radius 2 is 2.20 bits per heavy atom. The second-order valence-electron chi connectivity index (χ2n) is 7.63. The predicted octanol–water partition coefficient (Wildman–Crippen LogP) is 3.23. The molecule has 1 saturated heterocycles. The maximum absolute atomic E-state index is 13.4. The van der Waals surface area contributed by atoms with Crippen LogP contribution in [-0.2, 0) is 11.3 Å². The van der Waals surface area contributed by atoms with E-state index in [1.165, 1.54) is 31.7 Å². The SMILES string of the molecule is CCNC(=NCc1cccc(F)c1)NC1C2CCOC2C12CCCC2. The molecule has 2 N–H and O–H groups in total. The van der Waals surface area contributed by atoms with E-state index in [2.05, 4.69) is 17.6 Å². The summed E-state index contributed by atoms with van der Waals surface area (Å²) >= 11 is 0. The van der Waals surface area contributed by atoms with E-state index in [1.807, 2.05) is 6.07 Å². The molecule has 0 amide bonds. The Morgan fingerprint density at radius 1 is 1.36 bits per heavy atom. The molecule has 2 saturated carbocycles. The van der Waals surface area contributed by atoms with Crippen molar-refractivity contribution in [3.63, 3.8) is 0 Å². The maximum Gasteiger partial charge on any atom is 0.191 e. The van der Waals surface area contributed by atoms with E-state index in [9.17, 15) is 4.39 Å². The summed E-state index contributed by atoms with van der Waals surface area (Å²) in [4.78, 5) is 4.70. The third-order valence-electron chi connectivity index (χ3n) is 6.23. The number of fused-ring (bicyclic) bond motifs is 2. The minimum absolute atomic E-state index is 0.208. The zero-order chi connectivity index (χ0) is 17.3. The monoisotopic (exact) mass is 345 g/mol. The number of hydrogen-bond acceptors (Lipinski definition) is 2. The number of benzene rings is 1. The van der Waals surface area contributed by atoms with Gasteiger partial charge in [-0.25, -0.2) is 9.38 Å². The molecule has 1 aromatic carbocycles. The molecule has 0 bridgehead atoms. The van der Waals surface area contributed by atoms with E-state index in [-0.39, 0.29) is 5.82 Å². The summed E-state index contributed by atoms with van der Waals surface area (Å²) in [6.45, 7) is 4.27. The summed E-state index contributed by atoms with van der Waals surface area (Å²) in [6, 6.07) is 7.12. The molecule has 2 aliphatic carbocycles. The van der Waals surface area contributed by atoms with E-state index < -0.39 is 0 Å². The van der Waals surface area contributed by atoms with Crippen LogP contribution in [0.4, 0.5) is 4.39 Å². The minimum Gasteiger partial charge on any atom is -0.377 e. The highest BCUT2D eigenvalue weighted by Gasteiger charge is 2.65. The maximum atomic E-state index is 13.4. The summed E-state index contributed by atoms with van der Waals surface area (Å²) in [6.07, 6.45) is 6.72. The number of aliphatic imine (C=N–C) groups is 1. The number of halogens is 1. The van der Waals surface area contributed by atoms with E-state index in [1.54, 1.807) is 12.1 Å². The van der Waals surface area contributed by atoms with Crippen molar-refractivity contribution >= 4 is 5.96 Å². The highest BCUT2D eigenvalue weighted by Crippen LogP contribution is 2.60. The summed E-state index contributed by atoms with van der Waals surface area (Å²) in [7, 11) is 0. The topological polar surface area (TPSA) is 45.7 Å². The van der Waals surface area contributed by atoms with E-state index in [0.29, 0.717) is 30.0 Å². The lowest BCUT2D eigenvalue weighted by Crippen LogP contribution is -2.69. The number of nitrogens with one attached hydrogen (secondary N) is 2. The second kappa shape index (κ2) is 6.94. The zero-order valence-electron chi connectivity index (χ0n) is 14.9. The van der Waals surface area contributed by atoms with Crippen LogP contribution in [0.1, 0.15) is 44.6 Å². The van der Waals surface area contributed by atoms with Gasteiger partial charge in [-0.15, -0.1) is 0 Å². The highest BCUT2D eigenvalue weighted by atomic mass is 19.1. The average molecular weight is 345 g/mol. The van der Waals surface area contributed by atoms with Gasteiger partial charge in [0.05, 0.1) is 12.6 Å². The minimum atomic E-state index is -0.208. The normalized spacial score (nSPS) is 30.2. The van der Waals surface area contributed by atoms with Crippen LogP contribution in [0.15, 0.2) is 29.3 Å². The zero-order valence-corrected chi connectivity index (χ0v) is 14.9. The van der Waals surface area contributed by atoms with E-state index >= 15 is 0 Å². The lowest BCUT2D eigenvalue weighted by molar-refractivity contribution is -0.125. The molecule has 4 nitrogen and oxygen atoms in total. The van der Waals surface area contributed by atoms with E-state index in [0.717, 1.165) is 31.1 Å². The van der Waals surface area contributed by atoms with Crippen molar-refractivity contribution in [2.45, 2.75) is 57.7 Å². The quantitative estimate of drug-likeness (QED) is 0.650. The van der Waals surface area contributed by atoms with Gasteiger partial charge in [0.25, 0.3) is 0 Å². The first-order chi connectivity index (χ1) is 12.2. The highest BCUT2D eigenvalue weighted by molar-refractivity contribution is 5.80. The molecule has 3 unspecified atom stereocenters. The van der Waals surface area contributed by atoms with Gasteiger partial charge in [0.1, 0.15) is 5.82 Å². The molecule has 0 aromatic heterocycles. The van der Waals surface area contributed by atoms with Crippen molar-refractivity contribution in [2.75, 3.05) is 13.2 Å². The van der Waals surface area contributed by atoms with Crippen molar-refractivity contribution in [3.05, 3.63) is 35.6 Å². The van der Waals surface area contributed by atoms with Crippen molar-refractivity contribution in [1.82, 2.24) is 10.6 Å². The van der Waals surface area contributed by atoms with Gasteiger partial charge in [-0.1, -0.05) is 25.0 Å². The van der Waals surface area contributed by atoms with Crippen LogP contribution in [0.5, 0.6) is 0 Å². The van der Waals surface area contributed by atoms with Gasteiger partial charge in [-0.3, -0.25) is 0 Å². The van der Waals surface area contributed by atoms with Gasteiger partial charge in [-0.05, 0) is 43.9 Å². The number of nitrogens with zero attached hydrogens (tertiary/aromatic N) is 1. The Balaban J connectivity index is 1.48. The van der Waals surface area contributed by atoms with Crippen LogP contribution in [-0.4, -0.2) is 31.3 Å². The van der Waals surface area contributed by atoms with Crippen LogP contribution >= 0.6 is 0 Å². The van der Waals surface area contributed by atoms with Crippen molar-refractivity contribution in [3.8, 4) is 0 Å². The summed E-state index contributed by atoms with van der Waals surface area (Å²) in [5, 5.41) is 7.07. The average Bonchev–Trinajstić information content (AvgIpc) is 3.26. The van der Waals surface area contributed by atoms with Crippen LogP contribution in [0.3, 0.4) is 0 Å². The molecule has 25 heavy (non-hydrogen) atoms. The first-order valence-electron chi connectivity index (χ1n) is 9.64. The van der Waals surface area contributed by atoms with Gasteiger partial charge in [-0.2, -0.15) is 0 Å². The molecule has 1 aromatic rings. The lowest BCUT2D eigenvalue weighted by Gasteiger charge is -2.57. The number of hydrogen-bond donors (Lipinski definition) is 2. The Morgan fingerprint density at radius 3 is 2.96 bits per heavy atom. The molecule has 1 spiro atoms. The smallest absolute Gasteiger partial charge is 0.191 e. The molecule has 1 heterocycles. The van der Waals surface area contributed by atoms with Gasteiger partial charge in [0.2, 0.25) is 0 Å². The van der Waals surface area contributed by atoms with Crippen molar-refractivity contribution in [2.24, 2.45) is 16.3 Å². The van der Waals surface area contributed by atoms with Crippen LogP contribution < -0.4 is 10.6 Å². The van der Waals surface area contributed by atoms with Crippen LogP contribution in [0.2, 0.25) is 0 Å². The fourth-order valence-electron chi connectivity index (χ4n) is 5.18. The van der Waals surface area contributed by atoms with Crippen LogP contribution in [0, 0.1) is 17.2 Å². The molecular formula is C20H28FN3O. The number of ether oxygens (including phenoxy) is 1. The molecular weight excluding hydrogens is 317 g/mol. The number of guanidine groups is 1. The van der Waals surface area contributed by atoms with Crippen molar-refractivity contribution < 1.29 is 9.13 Å². The second-order valence-corrected chi connectivity index (χ2v) is 7.63. The molecule has 1 aliphatic heterocycles. The van der Waals surface area contributed by atoms with Gasteiger partial charge in [0.15, 0.2) is 5.96 Å². The molecule has 3 aliphatic rings. The summed E-state index contributed by atoms with van der Waals surface area (Å²) in [5.74, 6) is 1.24.